The number of carbonyl (C=O) groups is 2. The lowest BCUT2D eigenvalue weighted by Crippen LogP contribution is -2.50. The minimum absolute atomic E-state index is 0.0982. The van der Waals surface area contributed by atoms with E-state index in [-0.39, 0.29) is 23.1 Å². The fourth-order valence-electron chi connectivity index (χ4n) is 10.7. The predicted octanol–water partition coefficient (Wildman–Crippen LogP) is 5.04. The Morgan fingerprint density at radius 2 is 1.50 bits per heavy atom. The van der Waals surface area contributed by atoms with Gasteiger partial charge >= 0.3 is 11.9 Å². The molecule has 0 amide bonds. The van der Waals surface area contributed by atoms with E-state index in [1.54, 1.807) is 0 Å². The fraction of sp³-hybridized carbons (Fsp3) is 0.829. The lowest BCUT2D eigenvalue weighted by atomic mass is 9.75. The van der Waals surface area contributed by atoms with Crippen LogP contribution in [-0.4, -0.2) is 117 Å². The first-order chi connectivity index (χ1) is 21.4. The van der Waals surface area contributed by atoms with Gasteiger partial charge in [0.05, 0.1) is 12.1 Å². The van der Waals surface area contributed by atoms with Crippen LogP contribution in [-0.2, 0) is 19.1 Å². The molecule has 4 bridgehead atoms. The van der Waals surface area contributed by atoms with Crippen LogP contribution < -0.4 is 0 Å². The van der Waals surface area contributed by atoms with Crippen molar-refractivity contribution in [2.24, 2.45) is 5.92 Å². The molecule has 6 heterocycles. The molecule has 9 unspecified atom stereocenters. The minimum Gasteiger partial charge on any atom is -0.450 e. The smallest absolute Gasteiger partial charge is 0.331 e. The van der Waals surface area contributed by atoms with Crippen LogP contribution in [0.4, 0.5) is 0 Å². The molecule has 0 aromatic carbocycles. The molecule has 242 valence electrons. The van der Waals surface area contributed by atoms with E-state index in [9.17, 15) is 9.59 Å². The highest BCUT2D eigenvalue weighted by Crippen LogP contribution is 2.58. The summed E-state index contributed by atoms with van der Waals surface area (Å²) >= 11 is 4.27. The topological polar surface area (TPSA) is 62.3 Å². The molecule has 4 saturated heterocycles. The van der Waals surface area contributed by atoms with Crippen molar-refractivity contribution in [3.8, 4) is 0 Å². The second-order valence-electron chi connectivity index (χ2n) is 14.8. The first-order valence-corrected chi connectivity index (χ1v) is 19.9. The Labute approximate surface area is 272 Å². The SMILES string of the molecule is CCCSC1CC2=CC(=O)OC23CC1N1CCC(CCN(CC)CCSC2CC4=CC(=O)OC45CC2N2CCCCC25)CC13. The van der Waals surface area contributed by atoms with E-state index < -0.39 is 0 Å². The molecule has 0 radical (unpaired) electrons. The van der Waals surface area contributed by atoms with Crippen LogP contribution in [0.15, 0.2) is 23.3 Å². The summed E-state index contributed by atoms with van der Waals surface area (Å²) in [6, 6.07) is 1.87. The summed E-state index contributed by atoms with van der Waals surface area (Å²) in [5.41, 5.74) is 1.96. The lowest BCUT2D eigenvalue weighted by Gasteiger charge is -2.41. The zero-order valence-electron chi connectivity index (χ0n) is 26.7. The van der Waals surface area contributed by atoms with Crippen LogP contribution in [0.5, 0.6) is 0 Å². The van der Waals surface area contributed by atoms with Gasteiger partial charge in [0.15, 0.2) is 11.2 Å². The largest absolute Gasteiger partial charge is 0.450 e. The average molecular weight is 642 g/mol. The van der Waals surface area contributed by atoms with Gasteiger partial charge in [-0.3, -0.25) is 9.80 Å². The quantitative estimate of drug-likeness (QED) is 0.289. The van der Waals surface area contributed by atoms with Crippen LogP contribution in [0.2, 0.25) is 0 Å². The number of nitrogens with zero attached hydrogens (tertiary/aromatic N) is 3. The molecule has 6 fully saturated rings. The average Bonchev–Trinajstić information content (AvgIpc) is 3.72. The van der Waals surface area contributed by atoms with Gasteiger partial charge in [-0.1, -0.05) is 20.3 Å². The third-order valence-electron chi connectivity index (χ3n) is 12.8. The molecule has 8 aliphatic rings. The molecule has 44 heavy (non-hydrogen) atoms. The Kier molecular flexibility index (Phi) is 8.21. The zero-order chi connectivity index (χ0) is 30.1. The molecule has 9 atom stereocenters. The Morgan fingerprint density at radius 3 is 2.18 bits per heavy atom. The number of carbonyl (C=O) groups excluding carboxylic acids is 2. The maximum Gasteiger partial charge on any atom is 0.331 e. The Bertz CT molecular complexity index is 1230. The summed E-state index contributed by atoms with van der Waals surface area (Å²) in [5, 5.41) is 1.16. The third kappa shape index (κ3) is 4.88. The van der Waals surface area contributed by atoms with Crippen LogP contribution in [0.25, 0.3) is 0 Å². The van der Waals surface area contributed by atoms with E-state index in [2.05, 4.69) is 52.1 Å². The molecule has 0 aromatic heterocycles. The van der Waals surface area contributed by atoms with Crippen molar-refractivity contribution >= 4 is 35.5 Å². The maximum atomic E-state index is 12.6. The van der Waals surface area contributed by atoms with Gasteiger partial charge in [-0.05, 0) is 100 Å². The van der Waals surface area contributed by atoms with Crippen molar-refractivity contribution in [2.75, 3.05) is 44.2 Å². The maximum absolute atomic E-state index is 12.6. The van der Waals surface area contributed by atoms with Crippen LogP contribution in [0.3, 0.4) is 0 Å². The van der Waals surface area contributed by atoms with Gasteiger partial charge in [0.2, 0.25) is 0 Å². The number of hydrogen-bond acceptors (Lipinski definition) is 9. The van der Waals surface area contributed by atoms with Crippen molar-refractivity contribution < 1.29 is 19.1 Å². The van der Waals surface area contributed by atoms with E-state index in [0.29, 0.717) is 40.6 Å². The second-order valence-corrected chi connectivity index (χ2v) is 17.5. The molecule has 7 nitrogen and oxygen atoms in total. The van der Waals surface area contributed by atoms with Crippen molar-refractivity contribution in [3.63, 3.8) is 0 Å². The third-order valence-corrected chi connectivity index (χ3v) is 15.6. The minimum atomic E-state index is -0.333. The molecular formula is C35H51N3O4S2. The Hall–Kier alpha value is -1.00. The zero-order valence-corrected chi connectivity index (χ0v) is 28.3. The highest BCUT2D eigenvalue weighted by atomic mass is 32.2. The summed E-state index contributed by atoms with van der Waals surface area (Å²) in [7, 11) is 0. The molecule has 0 aromatic rings. The number of ether oxygens (including phenoxy) is 2. The molecule has 8 rings (SSSR count). The van der Waals surface area contributed by atoms with E-state index in [1.807, 2.05) is 12.2 Å². The second kappa shape index (κ2) is 11.9. The van der Waals surface area contributed by atoms with Crippen LogP contribution in [0.1, 0.15) is 84.5 Å². The van der Waals surface area contributed by atoms with Gasteiger partial charge in [0, 0.05) is 59.9 Å². The van der Waals surface area contributed by atoms with Gasteiger partial charge in [-0.25, -0.2) is 9.59 Å². The molecule has 6 aliphatic heterocycles. The molecule has 2 saturated carbocycles. The molecular weight excluding hydrogens is 591 g/mol. The number of thioether (sulfide) groups is 2. The Morgan fingerprint density at radius 1 is 0.841 bits per heavy atom. The standard InChI is InChI=1S/C35H51N3O4S2/c1-3-14-43-28-18-25-20-33(40)42-35(25)22-27(28)38-12-9-23(16-31(35)38)8-11-36(4-2)13-15-44-29-17-24-19-32(39)41-34(24)21-26(29)37-10-6-5-7-30(34)37/h19-20,23,26-31H,3-18,21-22H2,1-2H3. The van der Waals surface area contributed by atoms with Gasteiger partial charge in [0.25, 0.3) is 0 Å². The Balaban J connectivity index is 0.862. The number of fused-ring (bicyclic) bond motifs is 6. The van der Waals surface area contributed by atoms with Crippen molar-refractivity contribution in [2.45, 2.75) is 130 Å². The van der Waals surface area contributed by atoms with Crippen LogP contribution >= 0.6 is 23.5 Å². The summed E-state index contributed by atoms with van der Waals surface area (Å²) in [4.78, 5) is 33.1. The summed E-state index contributed by atoms with van der Waals surface area (Å²) < 4.78 is 12.3. The number of piperidine rings is 2. The number of esters is 2. The fourth-order valence-corrected chi connectivity index (χ4v) is 13.5. The summed E-state index contributed by atoms with van der Waals surface area (Å²) in [6.07, 6.45) is 16.4. The number of rotatable bonds is 11. The van der Waals surface area contributed by atoms with Gasteiger partial charge in [-0.15, -0.1) is 0 Å². The van der Waals surface area contributed by atoms with Crippen molar-refractivity contribution in [1.82, 2.24) is 14.7 Å². The monoisotopic (exact) mass is 641 g/mol. The molecule has 2 aliphatic carbocycles. The highest BCUT2D eigenvalue weighted by Gasteiger charge is 2.65. The molecule has 0 N–H and O–H groups in total. The van der Waals surface area contributed by atoms with Crippen molar-refractivity contribution in [3.05, 3.63) is 23.3 Å². The van der Waals surface area contributed by atoms with Crippen molar-refractivity contribution in [1.29, 1.82) is 0 Å². The lowest BCUT2D eigenvalue weighted by molar-refractivity contribution is -0.149. The molecule has 2 spiro atoms. The normalized spacial score (nSPS) is 42.4. The van der Waals surface area contributed by atoms with E-state index in [1.165, 1.54) is 55.4 Å². The summed E-state index contributed by atoms with van der Waals surface area (Å²) in [6.45, 7) is 10.3. The van der Waals surface area contributed by atoms with E-state index >= 15 is 0 Å². The van der Waals surface area contributed by atoms with E-state index in [0.717, 1.165) is 70.6 Å². The number of hydrogen-bond donors (Lipinski definition) is 0. The van der Waals surface area contributed by atoms with Gasteiger partial charge < -0.3 is 14.4 Å². The first kappa shape index (κ1) is 30.3. The molecule has 9 heteroatoms. The van der Waals surface area contributed by atoms with Gasteiger partial charge in [-0.2, -0.15) is 23.5 Å². The van der Waals surface area contributed by atoms with Crippen LogP contribution in [0, 0.1) is 5.92 Å². The van der Waals surface area contributed by atoms with Gasteiger partial charge in [0.1, 0.15) is 0 Å². The first-order valence-electron chi connectivity index (χ1n) is 17.8. The highest BCUT2D eigenvalue weighted by molar-refractivity contribution is 8.00. The van der Waals surface area contributed by atoms with E-state index in [4.69, 9.17) is 9.47 Å². The predicted molar refractivity (Wildman–Crippen MR) is 177 cm³/mol. The summed E-state index contributed by atoms with van der Waals surface area (Å²) in [5.74, 6) is 2.85.